The second kappa shape index (κ2) is 6.99. The highest BCUT2D eigenvalue weighted by Gasteiger charge is 2.23. The monoisotopic (exact) mass is 421 g/mol. The molecule has 2 N–H and O–H groups in total. The molecule has 1 aromatic carbocycles. The van der Waals surface area contributed by atoms with Gasteiger partial charge in [-0.1, -0.05) is 18.2 Å². The molecule has 0 saturated heterocycles. The Morgan fingerprint density at radius 1 is 1.23 bits per heavy atom. The van der Waals surface area contributed by atoms with Crippen molar-refractivity contribution in [2.24, 2.45) is 0 Å². The minimum atomic E-state index is -0.477. The van der Waals surface area contributed by atoms with Crippen molar-refractivity contribution in [1.29, 1.82) is 0 Å². The molecule has 5 aromatic rings. The maximum absolute atomic E-state index is 14.7. The third-order valence-corrected chi connectivity index (χ3v) is 5.84. The van der Waals surface area contributed by atoms with Crippen LogP contribution in [0.5, 0.6) is 0 Å². The quantitative estimate of drug-likeness (QED) is 0.459. The first kappa shape index (κ1) is 18.4. The van der Waals surface area contributed by atoms with Crippen LogP contribution in [0.15, 0.2) is 47.1 Å². The van der Waals surface area contributed by atoms with Gasteiger partial charge in [0.1, 0.15) is 17.7 Å². The highest BCUT2D eigenvalue weighted by atomic mass is 32.1. The van der Waals surface area contributed by atoms with Crippen molar-refractivity contribution in [2.45, 2.75) is 19.9 Å². The molecular weight excluding hydrogens is 405 g/mol. The van der Waals surface area contributed by atoms with E-state index in [1.807, 2.05) is 19.2 Å². The number of thiazole rings is 1. The molecule has 4 aromatic heterocycles. The van der Waals surface area contributed by atoms with E-state index in [-0.39, 0.29) is 16.7 Å². The van der Waals surface area contributed by atoms with Gasteiger partial charge in [-0.05, 0) is 19.9 Å². The highest BCUT2D eigenvalue weighted by molar-refractivity contribution is 7.15. The van der Waals surface area contributed by atoms with Gasteiger partial charge in [0, 0.05) is 16.6 Å². The Hall–Kier alpha value is -3.66. The Bertz CT molecular complexity index is 1450. The first-order valence-electron chi connectivity index (χ1n) is 9.21. The summed E-state index contributed by atoms with van der Waals surface area (Å²) >= 11 is 1.37. The van der Waals surface area contributed by atoms with Crippen LogP contribution in [-0.2, 0) is 0 Å². The fourth-order valence-electron chi connectivity index (χ4n) is 3.47. The lowest BCUT2D eigenvalue weighted by molar-refractivity contribution is 0.630. The van der Waals surface area contributed by atoms with E-state index in [2.05, 4.69) is 25.3 Å². The summed E-state index contributed by atoms with van der Waals surface area (Å²) in [7, 11) is 0. The molecule has 4 heterocycles. The molecule has 0 bridgehead atoms. The average Bonchev–Trinajstić information content (AvgIpc) is 3.36. The van der Waals surface area contributed by atoms with Gasteiger partial charge in [-0.3, -0.25) is 9.20 Å². The summed E-state index contributed by atoms with van der Waals surface area (Å²) in [6.45, 7) is 3.68. The minimum Gasteiger partial charge on any atom is -0.360 e. The fraction of sp³-hybridized carbons (Fsp3) is 0.150. The zero-order chi connectivity index (χ0) is 20.8. The SMILES string of the molecule is Cc1csc2nc(C(C)Nc3ncnc4[nH]cnc34)c(-c3ccccc3F)c(=O)n12. The largest absolute Gasteiger partial charge is 0.360 e. The summed E-state index contributed by atoms with van der Waals surface area (Å²) in [5, 5.41) is 5.11. The van der Waals surface area contributed by atoms with Crippen LogP contribution < -0.4 is 10.9 Å². The Labute approximate surface area is 173 Å². The predicted octanol–water partition coefficient (Wildman–Crippen LogP) is 3.71. The molecule has 0 amide bonds. The fourth-order valence-corrected chi connectivity index (χ4v) is 4.34. The van der Waals surface area contributed by atoms with E-state index in [1.165, 1.54) is 34.5 Å². The van der Waals surface area contributed by atoms with Gasteiger partial charge >= 0.3 is 0 Å². The van der Waals surface area contributed by atoms with Crippen LogP contribution in [0.4, 0.5) is 10.2 Å². The number of benzene rings is 1. The van der Waals surface area contributed by atoms with E-state index < -0.39 is 11.9 Å². The maximum Gasteiger partial charge on any atom is 0.267 e. The van der Waals surface area contributed by atoms with Gasteiger partial charge in [0.15, 0.2) is 16.4 Å². The number of nitrogens with one attached hydrogen (secondary N) is 2. The topological polar surface area (TPSA) is 101 Å². The molecule has 0 radical (unpaired) electrons. The van der Waals surface area contributed by atoms with E-state index in [1.54, 1.807) is 18.2 Å². The number of nitrogens with zero attached hydrogens (tertiary/aromatic N) is 5. The summed E-state index contributed by atoms with van der Waals surface area (Å²) in [4.78, 5) is 34.2. The number of anilines is 1. The van der Waals surface area contributed by atoms with E-state index in [0.29, 0.717) is 27.6 Å². The molecule has 0 saturated carbocycles. The lowest BCUT2D eigenvalue weighted by atomic mass is 10.0. The van der Waals surface area contributed by atoms with Crippen molar-refractivity contribution in [2.75, 3.05) is 5.32 Å². The normalized spacial score (nSPS) is 12.5. The minimum absolute atomic E-state index is 0.214. The molecule has 10 heteroatoms. The van der Waals surface area contributed by atoms with Crippen LogP contribution in [0.25, 0.3) is 27.3 Å². The van der Waals surface area contributed by atoms with Crippen molar-refractivity contribution in [1.82, 2.24) is 29.3 Å². The number of H-pyrrole nitrogens is 1. The number of aromatic nitrogens is 6. The smallest absolute Gasteiger partial charge is 0.267 e. The van der Waals surface area contributed by atoms with Crippen LogP contribution in [0, 0.1) is 12.7 Å². The lowest BCUT2D eigenvalue weighted by Gasteiger charge is -2.18. The van der Waals surface area contributed by atoms with Crippen molar-refractivity contribution in [3.8, 4) is 11.1 Å². The van der Waals surface area contributed by atoms with Crippen LogP contribution in [0.1, 0.15) is 24.4 Å². The van der Waals surface area contributed by atoms with Gasteiger partial charge in [0.2, 0.25) is 0 Å². The van der Waals surface area contributed by atoms with E-state index in [9.17, 15) is 9.18 Å². The number of hydrogen-bond acceptors (Lipinski definition) is 7. The number of imidazole rings is 1. The third kappa shape index (κ3) is 2.84. The zero-order valence-electron chi connectivity index (χ0n) is 16.0. The van der Waals surface area contributed by atoms with E-state index >= 15 is 0 Å². The van der Waals surface area contributed by atoms with Gasteiger partial charge in [0.05, 0.1) is 23.6 Å². The number of aromatic amines is 1. The molecule has 0 aliphatic heterocycles. The summed E-state index contributed by atoms with van der Waals surface area (Å²) in [5.74, 6) is 0.0204. The molecular formula is C20H16FN7OS. The second-order valence-electron chi connectivity index (χ2n) is 6.84. The molecule has 1 atom stereocenters. The first-order valence-corrected chi connectivity index (χ1v) is 10.1. The Balaban J connectivity index is 1.71. The van der Waals surface area contributed by atoms with Crippen molar-refractivity contribution < 1.29 is 4.39 Å². The van der Waals surface area contributed by atoms with Crippen LogP contribution in [0.3, 0.4) is 0 Å². The average molecular weight is 421 g/mol. The van der Waals surface area contributed by atoms with Gasteiger partial charge in [-0.2, -0.15) is 0 Å². The zero-order valence-corrected chi connectivity index (χ0v) is 16.9. The van der Waals surface area contributed by atoms with Crippen LogP contribution in [0.2, 0.25) is 0 Å². The molecule has 30 heavy (non-hydrogen) atoms. The standard InChI is InChI=1S/C20H16FN7OS/c1-10-7-30-20-27-15(11(2)26-18-16-17(23-8-22-16)24-9-25-18)14(19(29)28(10)20)12-5-3-4-6-13(12)21/h3-9,11H,1-2H3,(H2,22,23,24,25,26). The van der Waals surface area contributed by atoms with Gasteiger partial charge in [-0.15, -0.1) is 11.3 Å². The van der Waals surface area contributed by atoms with Gasteiger partial charge < -0.3 is 10.3 Å². The molecule has 0 spiro atoms. The molecule has 5 rings (SSSR count). The molecule has 1 unspecified atom stereocenters. The highest BCUT2D eigenvalue weighted by Crippen LogP contribution is 2.30. The molecule has 150 valence electrons. The lowest BCUT2D eigenvalue weighted by Crippen LogP contribution is -2.23. The Morgan fingerprint density at radius 3 is 2.90 bits per heavy atom. The summed E-state index contributed by atoms with van der Waals surface area (Å²) in [6, 6.07) is 5.77. The van der Waals surface area contributed by atoms with E-state index in [4.69, 9.17) is 4.98 Å². The second-order valence-corrected chi connectivity index (χ2v) is 7.68. The molecule has 0 aliphatic carbocycles. The van der Waals surface area contributed by atoms with Gasteiger partial charge in [0.25, 0.3) is 5.56 Å². The van der Waals surface area contributed by atoms with Crippen LogP contribution in [-0.4, -0.2) is 29.3 Å². The number of aryl methyl sites for hydroxylation is 1. The molecule has 0 aliphatic rings. The predicted molar refractivity (Wildman–Crippen MR) is 113 cm³/mol. The van der Waals surface area contributed by atoms with Gasteiger partial charge in [-0.25, -0.2) is 24.3 Å². The molecule has 8 nitrogen and oxygen atoms in total. The van der Waals surface area contributed by atoms with Crippen molar-refractivity contribution in [3.05, 3.63) is 69.9 Å². The van der Waals surface area contributed by atoms with Crippen molar-refractivity contribution >= 4 is 33.3 Å². The van der Waals surface area contributed by atoms with E-state index in [0.717, 1.165) is 5.69 Å². The third-order valence-electron chi connectivity index (χ3n) is 4.89. The summed E-state index contributed by atoms with van der Waals surface area (Å²) in [5.41, 5.74) is 2.49. The number of halogens is 1. The number of fused-ring (bicyclic) bond motifs is 2. The molecule has 0 fully saturated rings. The van der Waals surface area contributed by atoms with Crippen LogP contribution >= 0.6 is 11.3 Å². The first-order chi connectivity index (χ1) is 14.5. The summed E-state index contributed by atoms with van der Waals surface area (Å²) < 4.78 is 16.2. The Kier molecular flexibility index (Phi) is 4.28. The Morgan fingerprint density at radius 2 is 2.07 bits per heavy atom. The number of hydrogen-bond donors (Lipinski definition) is 2. The number of rotatable bonds is 4. The van der Waals surface area contributed by atoms with Crippen molar-refractivity contribution in [3.63, 3.8) is 0 Å². The maximum atomic E-state index is 14.7. The summed E-state index contributed by atoms with van der Waals surface area (Å²) in [6.07, 6.45) is 2.95.